The van der Waals surface area contributed by atoms with E-state index >= 15 is 0 Å². The predicted molar refractivity (Wildman–Crippen MR) is 109 cm³/mol. The zero-order valence-electron chi connectivity index (χ0n) is 15.6. The lowest BCUT2D eigenvalue weighted by atomic mass is 10.2. The van der Waals surface area contributed by atoms with E-state index in [-0.39, 0.29) is 12.0 Å². The fourth-order valence-corrected chi connectivity index (χ4v) is 2.59. The third kappa shape index (κ3) is 4.65. The van der Waals surface area contributed by atoms with Crippen LogP contribution < -0.4 is 15.4 Å². The minimum Gasteiger partial charge on any atom is -0.489 e. The highest BCUT2D eigenvalue weighted by Crippen LogP contribution is 2.26. The summed E-state index contributed by atoms with van der Waals surface area (Å²) in [5.41, 5.74) is 2.17. The van der Waals surface area contributed by atoms with Crippen LogP contribution in [0, 0.1) is 11.3 Å². The molecule has 6 nitrogen and oxygen atoms in total. The fourth-order valence-electron chi connectivity index (χ4n) is 2.59. The van der Waals surface area contributed by atoms with Crippen LogP contribution >= 0.6 is 0 Å². The van der Waals surface area contributed by atoms with Crippen LogP contribution in [0.5, 0.6) is 5.75 Å². The molecule has 0 aliphatic heterocycles. The monoisotopic (exact) mass is 372 g/mol. The van der Waals surface area contributed by atoms with Crippen LogP contribution in [0.1, 0.15) is 29.8 Å². The molecule has 3 rings (SSSR count). The molecule has 0 unspecified atom stereocenters. The van der Waals surface area contributed by atoms with Gasteiger partial charge in [0.05, 0.1) is 23.0 Å². The standard InChI is InChI=1S/C22H20N4O2/c1-15(2)28-20-10-6-5-9-19(20)26-22(27)16-11-12-24-21(13-16)25-18-8-4-3-7-17(18)14-23/h3-13,15H,1-2H3,(H,24,25)(H,26,27). The van der Waals surface area contributed by atoms with Gasteiger partial charge in [-0.25, -0.2) is 4.98 Å². The number of amides is 1. The first-order valence-corrected chi connectivity index (χ1v) is 8.86. The number of carbonyl (C=O) groups excluding carboxylic acids is 1. The summed E-state index contributed by atoms with van der Waals surface area (Å²) in [6, 6.07) is 19.8. The number of hydrogen-bond acceptors (Lipinski definition) is 5. The normalized spacial score (nSPS) is 10.2. The molecule has 1 amide bonds. The third-order valence-corrected chi connectivity index (χ3v) is 3.83. The average molecular weight is 372 g/mol. The van der Waals surface area contributed by atoms with E-state index in [1.54, 1.807) is 42.6 Å². The van der Waals surface area contributed by atoms with Gasteiger partial charge < -0.3 is 15.4 Å². The second-order valence-electron chi connectivity index (χ2n) is 6.33. The van der Waals surface area contributed by atoms with Gasteiger partial charge in [-0.3, -0.25) is 4.79 Å². The third-order valence-electron chi connectivity index (χ3n) is 3.83. The lowest BCUT2D eigenvalue weighted by molar-refractivity contribution is 0.102. The van der Waals surface area contributed by atoms with Crippen LogP contribution in [0.3, 0.4) is 0 Å². The SMILES string of the molecule is CC(C)Oc1ccccc1NC(=O)c1ccnc(Nc2ccccc2C#N)c1. The van der Waals surface area contributed by atoms with E-state index in [2.05, 4.69) is 21.7 Å². The Balaban J connectivity index is 1.79. The molecule has 0 atom stereocenters. The van der Waals surface area contributed by atoms with Crippen molar-refractivity contribution in [3.8, 4) is 11.8 Å². The minimum atomic E-state index is -0.279. The number of para-hydroxylation sites is 3. The lowest BCUT2D eigenvalue weighted by Gasteiger charge is -2.15. The van der Waals surface area contributed by atoms with Crippen LogP contribution in [0.15, 0.2) is 66.9 Å². The number of nitriles is 1. The molecule has 0 bridgehead atoms. The van der Waals surface area contributed by atoms with Crippen LogP contribution in [-0.4, -0.2) is 17.0 Å². The quantitative estimate of drug-likeness (QED) is 0.653. The van der Waals surface area contributed by atoms with Gasteiger partial charge >= 0.3 is 0 Å². The van der Waals surface area contributed by atoms with E-state index in [0.29, 0.717) is 34.1 Å². The first kappa shape index (κ1) is 18.9. The van der Waals surface area contributed by atoms with Crippen molar-refractivity contribution in [2.45, 2.75) is 20.0 Å². The number of hydrogen-bond donors (Lipinski definition) is 2. The van der Waals surface area contributed by atoms with Crippen molar-refractivity contribution in [3.63, 3.8) is 0 Å². The summed E-state index contributed by atoms with van der Waals surface area (Å²) in [5.74, 6) is 0.807. The van der Waals surface area contributed by atoms with Crippen molar-refractivity contribution in [1.29, 1.82) is 5.26 Å². The van der Waals surface area contributed by atoms with Gasteiger partial charge in [-0.05, 0) is 50.2 Å². The van der Waals surface area contributed by atoms with Gasteiger partial charge in [-0.2, -0.15) is 5.26 Å². The Morgan fingerprint density at radius 2 is 1.79 bits per heavy atom. The van der Waals surface area contributed by atoms with Gasteiger partial charge in [-0.15, -0.1) is 0 Å². The molecule has 0 spiro atoms. The molecule has 0 saturated heterocycles. The number of rotatable bonds is 6. The number of nitrogens with one attached hydrogen (secondary N) is 2. The van der Waals surface area contributed by atoms with Crippen LogP contribution in [0.2, 0.25) is 0 Å². The highest BCUT2D eigenvalue weighted by molar-refractivity contribution is 6.05. The Morgan fingerprint density at radius 1 is 1.07 bits per heavy atom. The molecule has 1 heterocycles. The van der Waals surface area contributed by atoms with Gasteiger partial charge in [0.25, 0.3) is 5.91 Å². The molecule has 6 heteroatoms. The number of nitrogens with zero attached hydrogens (tertiary/aromatic N) is 2. The molecule has 3 aromatic rings. The Kier molecular flexibility index (Phi) is 5.87. The van der Waals surface area contributed by atoms with E-state index in [1.807, 2.05) is 38.1 Å². The summed E-state index contributed by atoms with van der Waals surface area (Å²) >= 11 is 0. The lowest BCUT2D eigenvalue weighted by Crippen LogP contribution is -2.15. The second kappa shape index (κ2) is 8.69. The second-order valence-corrected chi connectivity index (χ2v) is 6.33. The number of ether oxygens (including phenoxy) is 1. The van der Waals surface area contributed by atoms with Crippen molar-refractivity contribution in [2.24, 2.45) is 0 Å². The molecule has 2 N–H and O–H groups in total. The Labute approximate surface area is 163 Å². The first-order chi connectivity index (χ1) is 13.6. The Hall–Kier alpha value is -3.85. The maximum Gasteiger partial charge on any atom is 0.255 e. The zero-order chi connectivity index (χ0) is 19.9. The number of aromatic nitrogens is 1. The van der Waals surface area contributed by atoms with Crippen molar-refractivity contribution >= 4 is 23.1 Å². The number of pyridine rings is 1. The summed E-state index contributed by atoms with van der Waals surface area (Å²) in [6.07, 6.45) is 1.54. The van der Waals surface area contributed by atoms with E-state index in [1.165, 1.54) is 0 Å². The largest absolute Gasteiger partial charge is 0.489 e. The van der Waals surface area contributed by atoms with Crippen LogP contribution in [0.25, 0.3) is 0 Å². The maximum absolute atomic E-state index is 12.7. The van der Waals surface area contributed by atoms with Crippen molar-refractivity contribution in [2.75, 3.05) is 10.6 Å². The van der Waals surface area contributed by atoms with E-state index in [0.717, 1.165) is 0 Å². The topological polar surface area (TPSA) is 87.0 Å². The number of anilines is 3. The number of benzene rings is 2. The average Bonchev–Trinajstić information content (AvgIpc) is 2.70. The summed E-state index contributed by atoms with van der Waals surface area (Å²) in [4.78, 5) is 16.9. The number of carbonyl (C=O) groups is 1. The van der Waals surface area contributed by atoms with Gasteiger partial charge in [0, 0.05) is 11.8 Å². The summed E-state index contributed by atoms with van der Waals surface area (Å²) in [7, 11) is 0. The molecule has 0 radical (unpaired) electrons. The Morgan fingerprint density at radius 3 is 2.54 bits per heavy atom. The molecule has 1 aromatic heterocycles. The van der Waals surface area contributed by atoms with E-state index < -0.39 is 0 Å². The van der Waals surface area contributed by atoms with E-state index in [9.17, 15) is 10.1 Å². The smallest absolute Gasteiger partial charge is 0.255 e. The molecule has 0 aliphatic carbocycles. The molecule has 140 valence electrons. The highest BCUT2D eigenvalue weighted by atomic mass is 16.5. The Bertz CT molecular complexity index is 1020. The molecule has 0 saturated carbocycles. The van der Waals surface area contributed by atoms with Crippen molar-refractivity contribution in [1.82, 2.24) is 4.98 Å². The van der Waals surface area contributed by atoms with Crippen LogP contribution in [0.4, 0.5) is 17.2 Å². The zero-order valence-corrected chi connectivity index (χ0v) is 15.6. The van der Waals surface area contributed by atoms with Crippen molar-refractivity contribution in [3.05, 3.63) is 78.0 Å². The minimum absolute atomic E-state index is 0.00465. The van der Waals surface area contributed by atoms with E-state index in [4.69, 9.17) is 4.74 Å². The van der Waals surface area contributed by atoms with Gasteiger partial charge in [-0.1, -0.05) is 24.3 Å². The maximum atomic E-state index is 12.7. The molecular formula is C22H20N4O2. The molecule has 2 aromatic carbocycles. The molecule has 0 fully saturated rings. The molecule has 28 heavy (non-hydrogen) atoms. The molecule has 0 aliphatic rings. The summed E-state index contributed by atoms with van der Waals surface area (Å²) in [5, 5.41) is 15.2. The van der Waals surface area contributed by atoms with Gasteiger partial charge in [0.15, 0.2) is 0 Å². The first-order valence-electron chi connectivity index (χ1n) is 8.86. The highest BCUT2D eigenvalue weighted by Gasteiger charge is 2.12. The van der Waals surface area contributed by atoms with Crippen LogP contribution in [-0.2, 0) is 0 Å². The summed E-state index contributed by atoms with van der Waals surface area (Å²) in [6.45, 7) is 3.86. The molecular weight excluding hydrogens is 352 g/mol. The predicted octanol–water partition coefficient (Wildman–Crippen LogP) is 4.74. The van der Waals surface area contributed by atoms with Gasteiger partial charge in [0.2, 0.25) is 0 Å². The van der Waals surface area contributed by atoms with Gasteiger partial charge in [0.1, 0.15) is 17.6 Å². The summed E-state index contributed by atoms with van der Waals surface area (Å²) < 4.78 is 5.74. The fraction of sp³-hybridized carbons (Fsp3) is 0.136. The van der Waals surface area contributed by atoms with Crippen molar-refractivity contribution < 1.29 is 9.53 Å².